The van der Waals surface area contributed by atoms with Crippen molar-refractivity contribution in [1.29, 1.82) is 0 Å². The Morgan fingerprint density at radius 1 is 1.19 bits per heavy atom. The molecule has 2 N–H and O–H groups in total. The zero-order valence-corrected chi connectivity index (χ0v) is 16.9. The molecule has 9 heteroatoms. The van der Waals surface area contributed by atoms with Crippen LogP contribution in [-0.2, 0) is 6.18 Å². The van der Waals surface area contributed by atoms with Gasteiger partial charge in [0.05, 0.1) is 18.3 Å². The lowest BCUT2D eigenvalue weighted by molar-refractivity contribution is -0.137. The number of hydrogen-bond acceptors (Lipinski definition) is 4. The highest BCUT2D eigenvalue weighted by molar-refractivity contribution is 6.05. The molecule has 2 amide bonds. The van der Waals surface area contributed by atoms with Crippen LogP contribution in [0.2, 0.25) is 0 Å². The van der Waals surface area contributed by atoms with E-state index in [1.54, 1.807) is 19.1 Å². The Balaban J connectivity index is 1.89. The fraction of sp³-hybridized carbons (Fsp3) is 0.364. The molecule has 2 aromatic carbocycles. The number of aliphatic hydroxyl groups is 1. The van der Waals surface area contributed by atoms with Gasteiger partial charge in [-0.1, -0.05) is 6.07 Å². The van der Waals surface area contributed by atoms with E-state index < -0.39 is 29.7 Å². The van der Waals surface area contributed by atoms with Crippen molar-refractivity contribution in [2.75, 3.05) is 25.0 Å². The highest BCUT2D eigenvalue weighted by atomic mass is 19.4. The number of amides is 2. The molecule has 31 heavy (non-hydrogen) atoms. The molecule has 1 aliphatic heterocycles. The summed E-state index contributed by atoms with van der Waals surface area (Å²) < 4.78 is 45.6. The van der Waals surface area contributed by atoms with Crippen molar-refractivity contribution in [3.8, 4) is 5.75 Å². The molecule has 1 saturated heterocycles. The van der Waals surface area contributed by atoms with E-state index in [1.165, 1.54) is 23.1 Å². The van der Waals surface area contributed by atoms with Gasteiger partial charge in [-0.2, -0.15) is 13.2 Å². The third kappa shape index (κ3) is 5.75. The number of anilines is 1. The molecule has 1 unspecified atom stereocenters. The molecule has 6 nitrogen and oxygen atoms in total. The number of β-amino-alcohol motifs (C(OH)–C–C–N with tert-alkyl or cyclic N) is 1. The first-order chi connectivity index (χ1) is 14.7. The largest absolute Gasteiger partial charge is 0.494 e. The van der Waals surface area contributed by atoms with Gasteiger partial charge in [0.25, 0.3) is 11.8 Å². The van der Waals surface area contributed by atoms with Gasteiger partial charge in [0, 0.05) is 29.9 Å². The first kappa shape index (κ1) is 22.6. The number of nitrogens with zero attached hydrogens (tertiary/aromatic N) is 1. The van der Waals surface area contributed by atoms with Gasteiger partial charge >= 0.3 is 6.18 Å². The van der Waals surface area contributed by atoms with Crippen molar-refractivity contribution >= 4 is 17.5 Å². The average molecular weight is 436 g/mol. The zero-order chi connectivity index (χ0) is 22.6. The maximum Gasteiger partial charge on any atom is 0.416 e. The number of aliphatic hydroxyl groups excluding tert-OH is 1. The number of benzene rings is 2. The highest BCUT2D eigenvalue weighted by Crippen LogP contribution is 2.33. The van der Waals surface area contributed by atoms with E-state index in [9.17, 15) is 27.9 Å². The van der Waals surface area contributed by atoms with Gasteiger partial charge < -0.3 is 20.1 Å². The number of likely N-dealkylation sites (tertiary alicyclic amines) is 1. The van der Waals surface area contributed by atoms with Crippen LogP contribution >= 0.6 is 0 Å². The number of carbonyl (C=O) groups is 2. The van der Waals surface area contributed by atoms with Crippen LogP contribution < -0.4 is 10.1 Å². The Labute approximate surface area is 177 Å². The van der Waals surface area contributed by atoms with Crippen LogP contribution in [-0.4, -0.2) is 47.6 Å². The van der Waals surface area contributed by atoms with E-state index in [4.69, 9.17) is 4.74 Å². The summed E-state index contributed by atoms with van der Waals surface area (Å²) in [5, 5.41) is 12.2. The van der Waals surface area contributed by atoms with Crippen LogP contribution in [0.15, 0.2) is 42.5 Å². The lowest BCUT2D eigenvalue weighted by Crippen LogP contribution is -2.42. The van der Waals surface area contributed by atoms with Crippen molar-refractivity contribution in [1.82, 2.24) is 4.90 Å². The fourth-order valence-electron chi connectivity index (χ4n) is 3.41. The lowest BCUT2D eigenvalue weighted by Gasteiger charge is -2.30. The molecular formula is C22H23F3N2O4. The molecule has 0 spiro atoms. The van der Waals surface area contributed by atoms with Crippen molar-refractivity contribution in [3.05, 3.63) is 59.2 Å². The van der Waals surface area contributed by atoms with Crippen LogP contribution in [0.3, 0.4) is 0 Å². The molecule has 1 heterocycles. The summed E-state index contributed by atoms with van der Waals surface area (Å²) in [7, 11) is 0. The number of halogens is 3. The number of piperidine rings is 1. The summed E-state index contributed by atoms with van der Waals surface area (Å²) in [4.78, 5) is 26.7. The molecule has 1 atom stereocenters. The Hall–Kier alpha value is -3.07. The van der Waals surface area contributed by atoms with Gasteiger partial charge in [-0.15, -0.1) is 0 Å². The molecule has 1 aliphatic rings. The molecule has 2 aromatic rings. The minimum Gasteiger partial charge on any atom is -0.494 e. The molecule has 166 valence electrons. The summed E-state index contributed by atoms with van der Waals surface area (Å²) in [6.45, 7) is 2.59. The van der Waals surface area contributed by atoms with Gasteiger partial charge in [-0.25, -0.2) is 0 Å². The van der Waals surface area contributed by atoms with Crippen LogP contribution in [0, 0.1) is 0 Å². The van der Waals surface area contributed by atoms with Gasteiger partial charge in [-0.05, 0) is 56.2 Å². The van der Waals surface area contributed by atoms with E-state index in [-0.39, 0.29) is 23.4 Å². The minimum atomic E-state index is -4.70. The second-order valence-corrected chi connectivity index (χ2v) is 7.26. The number of nitrogens with one attached hydrogen (secondary N) is 1. The van der Waals surface area contributed by atoms with Crippen LogP contribution in [0.25, 0.3) is 0 Å². The predicted octanol–water partition coefficient (Wildman–Crippen LogP) is 3.95. The molecule has 0 bridgehead atoms. The molecular weight excluding hydrogens is 413 g/mol. The van der Waals surface area contributed by atoms with Crippen LogP contribution in [0.5, 0.6) is 5.75 Å². The number of ether oxygens (including phenoxy) is 1. The fourth-order valence-corrected chi connectivity index (χ4v) is 3.41. The van der Waals surface area contributed by atoms with Crippen LogP contribution in [0.1, 0.15) is 46.0 Å². The van der Waals surface area contributed by atoms with Gasteiger partial charge in [0.15, 0.2) is 0 Å². The maximum absolute atomic E-state index is 13.4. The SMILES string of the molecule is CCOc1cccc(C(=O)Nc2cc(C(=O)N3CCCC(O)C3)cc(C(F)(F)F)c2)c1. The smallest absolute Gasteiger partial charge is 0.416 e. The van der Waals surface area contributed by atoms with Crippen molar-refractivity contribution in [2.45, 2.75) is 32.0 Å². The standard InChI is InChI=1S/C22H23F3N2O4/c1-2-31-19-7-3-5-14(11-19)20(29)26-17-10-15(9-16(12-17)22(23,24)25)21(30)27-8-4-6-18(28)13-27/h3,5,7,9-12,18,28H,2,4,6,8,13H2,1H3,(H,26,29). The molecule has 3 rings (SSSR count). The van der Waals surface area contributed by atoms with E-state index in [2.05, 4.69) is 5.32 Å². The maximum atomic E-state index is 13.4. The number of carbonyl (C=O) groups excluding carboxylic acids is 2. The highest BCUT2D eigenvalue weighted by Gasteiger charge is 2.33. The number of hydrogen-bond donors (Lipinski definition) is 2. The van der Waals surface area contributed by atoms with Gasteiger partial charge in [-0.3, -0.25) is 9.59 Å². The Morgan fingerprint density at radius 3 is 2.65 bits per heavy atom. The van der Waals surface area contributed by atoms with Crippen molar-refractivity contribution in [3.63, 3.8) is 0 Å². The lowest BCUT2D eigenvalue weighted by atomic mass is 10.0. The summed E-state index contributed by atoms with van der Waals surface area (Å²) in [5.74, 6) is -0.801. The topological polar surface area (TPSA) is 78.9 Å². The van der Waals surface area contributed by atoms with Crippen molar-refractivity contribution < 1.29 is 32.6 Å². The molecule has 0 aliphatic carbocycles. The molecule has 0 radical (unpaired) electrons. The first-order valence-corrected chi connectivity index (χ1v) is 9.91. The van der Waals surface area contributed by atoms with E-state index in [0.29, 0.717) is 31.7 Å². The number of alkyl halides is 3. The average Bonchev–Trinajstić information content (AvgIpc) is 2.73. The Morgan fingerprint density at radius 2 is 1.97 bits per heavy atom. The van der Waals surface area contributed by atoms with E-state index in [0.717, 1.165) is 12.1 Å². The monoisotopic (exact) mass is 436 g/mol. The summed E-state index contributed by atoms with van der Waals surface area (Å²) in [5.41, 5.74) is -1.20. The molecule has 1 fully saturated rings. The minimum absolute atomic E-state index is 0.0565. The summed E-state index contributed by atoms with van der Waals surface area (Å²) in [6, 6.07) is 9.00. The van der Waals surface area contributed by atoms with Crippen LogP contribution in [0.4, 0.5) is 18.9 Å². The molecule has 0 saturated carbocycles. The van der Waals surface area contributed by atoms with E-state index in [1.807, 2.05) is 0 Å². The third-order valence-corrected chi connectivity index (χ3v) is 4.86. The Kier molecular flexibility index (Phi) is 6.84. The van der Waals surface area contributed by atoms with Gasteiger partial charge in [0.2, 0.25) is 0 Å². The second kappa shape index (κ2) is 9.38. The van der Waals surface area contributed by atoms with E-state index >= 15 is 0 Å². The summed E-state index contributed by atoms with van der Waals surface area (Å²) in [6.07, 6.45) is -4.31. The zero-order valence-electron chi connectivity index (χ0n) is 16.9. The first-order valence-electron chi connectivity index (χ1n) is 9.91. The van der Waals surface area contributed by atoms with Crippen molar-refractivity contribution in [2.24, 2.45) is 0 Å². The summed E-state index contributed by atoms with van der Waals surface area (Å²) >= 11 is 0. The predicted molar refractivity (Wildman–Crippen MR) is 108 cm³/mol. The molecule has 0 aromatic heterocycles. The quantitative estimate of drug-likeness (QED) is 0.744. The normalized spacial score (nSPS) is 16.7. The Bertz CT molecular complexity index is 962. The second-order valence-electron chi connectivity index (χ2n) is 7.26. The third-order valence-electron chi connectivity index (χ3n) is 4.86. The van der Waals surface area contributed by atoms with Gasteiger partial charge in [0.1, 0.15) is 5.75 Å². The number of rotatable bonds is 5.